The molecule has 0 unspecified atom stereocenters. The number of rotatable bonds is 6. The summed E-state index contributed by atoms with van der Waals surface area (Å²) >= 11 is 0. The summed E-state index contributed by atoms with van der Waals surface area (Å²) < 4.78 is 0. The van der Waals surface area contributed by atoms with Gasteiger partial charge in [0.05, 0.1) is 6.54 Å². The molecule has 3 N–H and O–H groups in total. The molecule has 0 amide bonds. The summed E-state index contributed by atoms with van der Waals surface area (Å²) in [7, 11) is 0. The zero-order valence-corrected chi connectivity index (χ0v) is 14.9. The number of benzene rings is 1. The normalized spacial score (nSPS) is 16.9. The molecule has 4 heteroatoms. The largest absolute Gasteiger partial charge is 0.372 e. The predicted octanol–water partition coefficient (Wildman–Crippen LogP) is 3.37. The molecule has 1 aromatic rings. The van der Waals surface area contributed by atoms with Crippen molar-refractivity contribution in [3.8, 4) is 0 Å². The Hall–Kier alpha value is -1.71. The van der Waals surface area contributed by atoms with Gasteiger partial charge in [0.2, 0.25) is 0 Å². The Bertz CT molecular complexity index is 485. The van der Waals surface area contributed by atoms with E-state index in [1.165, 1.54) is 37.2 Å². The van der Waals surface area contributed by atoms with E-state index < -0.39 is 0 Å². The van der Waals surface area contributed by atoms with Crippen LogP contribution >= 0.6 is 0 Å². The lowest BCUT2D eigenvalue weighted by molar-refractivity contribution is 0.438. The van der Waals surface area contributed by atoms with Gasteiger partial charge >= 0.3 is 0 Å². The molecule has 0 aromatic heterocycles. The Kier molecular flexibility index (Phi) is 6.75. The van der Waals surface area contributed by atoms with Crippen molar-refractivity contribution in [1.82, 2.24) is 5.32 Å². The fraction of sp³-hybridized carbons (Fsp3) is 0.632. The Morgan fingerprint density at radius 2 is 1.91 bits per heavy atom. The van der Waals surface area contributed by atoms with E-state index in [-0.39, 0.29) is 0 Å². The van der Waals surface area contributed by atoms with Crippen LogP contribution in [0.1, 0.15) is 45.6 Å². The van der Waals surface area contributed by atoms with Crippen LogP contribution in [0.2, 0.25) is 0 Å². The van der Waals surface area contributed by atoms with Crippen molar-refractivity contribution in [2.24, 2.45) is 22.6 Å². The van der Waals surface area contributed by atoms with Gasteiger partial charge in [-0.05, 0) is 48.8 Å². The minimum absolute atomic E-state index is 0.541. The summed E-state index contributed by atoms with van der Waals surface area (Å²) in [5.41, 5.74) is 8.43. The van der Waals surface area contributed by atoms with Gasteiger partial charge in [-0.15, -0.1) is 0 Å². The summed E-state index contributed by atoms with van der Waals surface area (Å²) in [6.45, 7) is 10.6. The zero-order valence-electron chi connectivity index (χ0n) is 14.9. The Balaban J connectivity index is 1.80. The molecule has 2 rings (SSSR count). The predicted molar refractivity (Wildman–Crippen MR) is 99.8 cm³/mol. The highest BCUT2D eigenvalue weighted by Gasteiger charge is 2.15. The topological polar surface area (TPSA) is 53.6 Å². The minimum Gasteiger partial charge on any atom is -0.372 e. The van der Waals surface area contributed by atoms with E-state index in [4.69, 9.17) is 5.73 Å². The molecule has 0 aliphatic carbocycles. The summed E-state index contributed by atoms with van der Waals surface area (Å²) in [4.78, 5) is 6.89. The molecule has 0 spiro atoms. The highest BCUT2D eigenvalue weighted by atomic mass is 15.1. The third-order valence-corrected chi connectivity index (χ3v) is 4.54. The van der Waals surface area contributed by atoms with Crippen LogP contribution in [0.3, 0.4) is 0 Å². The van der Waals surface area contributed by atoms with Crippen LogP contribution in [0.4, 0.5) is 5.69 Å². The first-order valence-electron chi connectivity index (χ1n) is 8.92. The average molecular weight is 316 g/mol. The summed E-state index contributed by atoms with van der Waals surface area (Å²) in [6.07, 6.45) is 3.70. The van der Waals surface area contributed by atoms with Crippen LogP contribution in [0, 0.1) is 11.8 Å². The van der Waals surface area contributed by atoms with Crippen LogP contribution in [0.5, 0.6) is 0 Å². The number of anilines is 1. The van der Waals surface area contributed by atoms with Crippen molar-refractivity contribution >= 4 is 11.6 Å². The second-order valence-corrected chi connectivity index (χ2v) is 7.15. The zero-order chi connectivity index (χ0) is 16.7. The molecule has 4 nitrogen and oxygen atoms in total. The number of nitrogens with one attached hydrogen (secondary N) is 1. The van der Waals surface area contributed by atoms with E-state index >= 15 is 0 Å². The molecule has 1 aliphatic heterocycles. The number of nitrogens with zero attached hydrogens (tertiary/aromatic N) is 2. The lowest BCUT2D eigenvalue weighted by atomic mass is 9.99. The first-order chi connectivity index (χ1) is 11.0. The maximum absolute atomic E-state index is 5.90. The summed E-state index contributed by atoms with van der Waals surface area (Å²) in [6, 6.07) is 8.75. The summed E-state index contributed by atoms with van der Waals surface area (Å²) in [5.74, 6) is 2.09. The van der Waals surface area contributed by atoms with Crippen molar-refractivity contribution in [3.63, 3.8) is 0 Å². The fourth-order valence-electron chi connectivity index (χ4n) is 2.80. The summed E-state index contributed by atoms with van der Waals surface area (Å²) in [5, 5.41) is 3.17. The maximum atomic E-state index is 5.90. The molecule has 0 bridgehead atoms. The number of piperidine rings is 1. The molecule has 1 aromatic carbocycles. The minimum atomic E-state index is 0.541. The third kappa shape index (κ3) is 6.12. The van der Waals surface area contributed by atoms with Crippen LogP contribution < -0.4 is 16.0 Å². The SMILES string of the molecule is CC(C)CCNC(N)=NCc1ccc(N2CCC(C)CC2)cc1. The van der Waals surface area contributed by atoms with Crippen LogP contribution in [0.25, 0.3) is 0 Å². The van der Waals surface area contributed by atoms with Gasteiger partial charge in [-0.25, -0.2) is 4.99 Å². The van der Waals surface area contributed by atoms with Crippen LogP contribution in [-0.2, 0) is 6.54 Å². The molecule has 1 fully saturated rings. The number of hydrogen-bond donors (Lipinski definition) is 2. The Morgan fingerprint density at radius 3 is 2.52 bits per heavy atom. The molecule has 1 aliphatic rings. The van der Waals surface area contributed by atoms with E-state index in [1.807, 2.05) is 0 Å². The molecule has 0 atom stereocenters. The van der Waals surface area contributed by atoms with Gasteiger partial charge in [0, 0.05) is 25.3 Å². The highest BCUT2D eigenvalue weighted by Crippen LogP contribution is 2.23. The standard InChI is InChI=1S/C19H32N4/c1-15(2)8-11-21-19(20)22-14-17-4-6-18(7-5-17)23-12-9-16(3)10-13-23/h4-7,15-16H,8-14H2,1-3H3,(H3,20,21,22). The fourth-order valence-corrected chi connectivity index (χ4v) is 2.80. The van der Waals surface area contributed by atoms with E-state index in [0.29, 0.717) is 18.4 Å². The Labute approximate surface area is 141 Å². The number of hydrogen-bond acceptors (Lipinski definition) is 2. The first kappa shape index (κ1) is 17.6. The van der Waals surface area contributed by atoms with Gasteiger partial charge in [0.25, 0.3) is 0 Å². The molecule has 128 valence electrons. The molecule has 0 radical (unpaired) electrons. The lowest BCUT2D eigenvalue weighted by Gasteiger charge is -2.32. The van der Waals surface area contributed by atoms with Gasteiger partial charge in [-0.3, -0.25) is 0 Å². The van der Waals surface area contributed by atoms with E-state index in [2.05, 4.69) is 60.2 Å². The van der Waals surface area contributed by atoms with Gasteiger partial charge in [0.1, 0.15) is 0 Å². The smallest absolute Gasteiger partial charge is 0.188 e. The van der Waals surface area contributed by atoms with Crippen molar-refractivity contribution in [1.29, 1.82) is 0 Å². The second-order valence-electron chi connectivity index (χ2n) is 7.15. The number of aliphatic imine (C=N–C) groups is 1. The van der Waals surface area contributed by atoms with Crippen molar-refractivity contribution in [2.75, 3.05) is 24.5 Å². The van der Waals surface area contributed by atoms with Gasteiger partial charge in [0.15, 0.2) is 5.96 Å². The van der Waals surface area contributed by atoms with E-state index in [1.54, 1.807) is 0 Å². The second kappa shape index (κ2) is 8.80. The van der Waals surface area contributed by atoms with E-state index in [0.717, 1.165) is 18.9 Å². The number of nitrogens with two attached hydrogens (primary N) is 1. The van der Waals surface area contributed by atoms with Crippen molar-refractivity contribution in [2.45, 2.75) is 46.6 Å². The third-order valence-electron chi connectivity index (χ3n) is 4.54. The van der Waals surface area contributed by atoms with Gasteiger partial charge in [-0.1, -0.05) is 32.9 Å². The lowest BCUT2D eigenvalue weighted by Crippen LogP contribution is -2.33. The molecule has 0 saturated carbocycles. The Morgan fingerprint density at radius 1 is 1.26 bits per heavy atom. The first-order valence-corrected chi connectivity index (χ1v) is 8.92. The average Bonchev–Trinajstić information content (AvgIpc) is 2.54. The molecule has 23 heavy (non-hydrogen) atoms. The van der Waals surface area contributed by atoms with Crippen LogP contribution in [-0.4, -0.2) is 25.6 Å². The monoisotopic (exact) mass is 316 g/mol. The quantitative estimate of drug-likeness (QED) is 0.625. The molecular formula is C19H32N4. The molecular weight excluding hydrogens is 284 g/mol. The van der Waals surface area contributed by atoms with Crippen molar-refractivity contribution in [3.05, 3.63) is 29.8 Å². The highest BCUT2D eigenvalue weighted by molar-refractivity contribution is 5.77. The maximum Gasteiger partial charge on any atom is 0.188 e. The van der Waals surface area contributed by atoms with Gasteiger partial charge < -0.3 is 16.0 Å². The number of guanidine groups is 1. The van der Waals surface area contributed by atoms with E-state index in [9.17, 15) is 0 Å². The van der Waals surface area contributed by atoms with Crippen molar-refractivity contribution < 1.29 is 0 Å². The van der Waals surface area contributed by atoms with Crippen LogP contribution in [0.15, 0.2) is 29.3 Å². The molecule has 1 heterocycles. The van der Waals surface area contributed by atoms with Gasteiger partial charge in [-0.2, -0.15) is 0 Å². The molecule has 1 saturated heterocycles.